The fourth-order valence-corrected chi connectivity index (χ4v) is 3.29. The number of carbonyl (C=O) groups excluding carboxylic acids is 1. The molecule has 1 unspecified atom stereocenters. The number of rotatable bonds is 6. The quantitative estimate of drug-likeness (QED) is 0.635. The Hall–Kier alpha value is -2.37. The van der Waals surface area contributed by atoms with Crippen molar-refractivity contribution in [1.82, 2.24) is 10.3 Å². The van der Waals surface area contributed by atoms with E-state index in [0.29, 0.717) is 22.9 Å². The fourth-order valence-electron chi connectivity index (χ4n) is 2.50. The van der Waals surface area contributed by atoms with Crippen LogP contribution in [0.25, 0.3) is 0 Å². The highest BCUT2D eigenvalue weighted by atomic mass is 35.5. The second-order valence-corrected chi connectivity index (χ2v) is 7.42. The molecule has 1 amide bonds. The van der Waals surface area contributed by atoms with Gasteiger partial charge < -0.3 is 10.1 Å². The molecule has 0 aliphatic rings. The lowest BCUT2D eigenvalue weighted by molar-refractivity contribution is 0.0939. The number of halogens is 1. The number of amides is 1. The second kappa shape index (κ2) is 8.34. The SMILES string of the molecule is Cc1nc(COc2cccc(C(=O)NC(C)c3cccc(Cl)c3)c2)cs1. The molecular formula is C20H19ClN2O2S. The molecule has 0 saturated carbocycles. The molecule has 134 valence electrons. The zero-order chi connectivity index (χ0) is 18.5. The van der Waals surface area contributed by atoms with Crippen LogP contribution in [0.15, 0.2) is 53.9 Å². The van der Waals surface area contributed by atoms with E-state index in [2.05, 4.69) is 10.3 Å². The second-order valence-electron chi connectivity index (χ2n) is 5.92. The third-order valence-electron chi connectivity index (χ3n) is 3.85. The Balaban J connectivity index is 1.64. The first-order valence-corrected chi connectivity index (χ1v) is 9.47. The number of thiazole rings is 1. The number of hydrogen-bond donors (Lipinski definition) is 1. The summed E-state index contributed by atoms with van der Waals surface area (Å²) < 4.78 is 5.75. The van der Waals surface area contributed by atoms with Crippen LogP contribution < -0.4 is 10.1 Å². The Morgan fingerprint density at radius 2 is 2.08 bits per heavy atom. The van der Waals surface area contributed by atoms with Crippen molar-refractivity contribution in [1.29, 1.82) is 0 Å². The molecule has 26 heavy (non-hydrogen) atoms. The minimum Gasteiger partial charge on any atom is -0.487 e. The average Bonchev–Trinajstić information content (AvgIpc) is 3.05. The Morgan fingerprint density at radius 3 is 2.81 bits per heavy atom. The van der Waals surface area contributed by atoms with Crippen LogP contribution in [0.3, 0.4) is 0 Å². The summed E-state index contributed by atoms with van der Waals surface area (Å²) in [6.45, 7) is 4.27. The lowest BCUT2D eigenvalue weighted by atomic mass is 10.1. The minimum atomic E-state index is -0.160. The van der Waals surface area contributed by atoms with Gasteiger partial charge in [0.2, 0.25) is 0 Å². The molecule has 0 spiro atoms. The topological polar surface area (TPSA) is 51.2 Å². The standard InChI is InChI=1S/C20H19ClN2O2S/c1-13(15-5-3-7-17(21)9-15)22-20(24)16-6-4-8-19(10-16)25-11-18-12-26-14(2)23-18/h3-10,12-13H,11H2,1-2H3,(H,22,24). The van der Waals surface area contributed by atoms with Gasteiger partial charge in [0.1, 0.15) is 12.4 Å². The maximum Gasteiger partial charge on any atom is 0.251 e. The van der Waals surface area contributed by atoms with Gasteiger partial charge in [-0.05, 0) is 49.7 Å². The van der Waals surface area contributed by atoms with E-state index in [1.54, 1.807) is 29.5 Å². The number of aryl methyl sites for hydroxylation is 1. The smallest absolute Gasteiger partial charge is 0.251 e. The van der Waals surface area contributed by atoms with Crippen molar-refractivity contribution in [2.45, 2.75) is 26.5 Å². The fraction of sp³-hybridized carbons (Fsp3) is 0.200. The molecule has 0 fully saturated rings. The number of benzene rings is 2. The Bertz CT molecular complexity index is 910. The van der Waals surface area contributed by atoms with Crippen molar-refractivity contribution in [2.75, 3.05) is 0 Å². The van der Waals surface area contributed by atoms with Gasteiger partial charge in [0.25, 0.3) is 5.91 Å². The molecule has 0 radical (unpaired) electrons. The van der Waals surface area contributed by atoms with Crippen molar-refractivity contribution in [3.8, 4) is 5.75 Å². The predicted molar refractivity (Wildman–Crippen MR) is 105 cm³/mol. The van der Waals surface area contributed by atoms with Crippen LogP contribution >= 0.6 is 22.9 Å². The van der Waals surface area contributed by atoms with Gasteiger partial charge in [-0.2, -0.15) is 0 Å². The monoisotopic (exact) mass is 386 g/mol. The molecule has 0 bridgehead atoms. The average molecular weight is 387 g/mol. The summed E-state index contributed by atoms with van der Waals surface area (Å²) in [6, 6.07) is 14.5. The number of ether oxygens (including phenoxy) is 1. The van der Waals surface area contributed by atoms with Crippen LogP contribution in [-0.2, 0) is 6.61 Å². The van der Waals surface area contributed by atoms with Crippen molar-refractivity contribution in [3.05, 3.63) is 80.8 Å². The molecule has 3 aromatic rings. The van der Waals surface area contributed by atoms with Gasteiger partial charge in [0.15, 0.2) is 0 Å². The normalized spacial score (nSPS) is 11.8. The largest absolute Gasteiger partial charge is 0.487 e. The van der Waals surface area contributed by atoms with E-state index in [1.165, 1.54) is 0 Å². The lowest BCUT2D eigenvalue weighted by Gasteiger charge is -2.15. The van der Waals surface area contributed by atoms with Crippen LogP contribution in [-0.4, -0.2) is 10.9 Å². The van der Waals surface area contributed by atoms with Gasteiger partial charge in [0.05, 0.1) is 16.7 Å². The van der Waals surface area contributed by atoms with Crippen molar-refractivity contribution in [2.24, 2.45) is 0 Å². The summed E-state index contributed by atoms with van der Waals surface area (Å²) in [4.78, 5) is 16.9. The number of aromatic nitrogens is 1. The third-order valence-corrected chi connectivity index (χ3v) is 4.90. The van der Waals surface area contributed by atoms with Crippen molar-refractivity contribution in [3.63, 3.8) is 0 Å². The maximum absolute atomic E-state index is 12.5. The van der Waals surface area contributed by atoms with Crippen LogP contribution in [0.2, 0.25) is 5.02 Å². The highest BCUT2D eigenvalue weighted by molar-refractivity contribution is 7.09. The zero-order valence-electron chi connectivity index (χ0n) is 14.5. The van der Waals surface area contributed by atoms with E-state index < -0.39 is 0 Å². The number of nitrogens with one attached hydrogen (secondary N) is 1. The molecule has 0 aliphatic carbocycles. The molecule has 1 heterocycles. The molecule has 1 atom stereocenters. The van der Waals surface area contributed by atoms with Crippen LogP contribution in [0, 0.1) is 6.92 Å². The Labute approximate surface area is 161 Å². The summed E-state index contributed by atoms with van der Waals surface area (Å²) in [6.07, 6.45) is 0. The highest BCUT2D eigenvalue weighted by Crippen LogP contribution is 2.20. The first-order valence-electron chi connectivity index (χ1n) is 8.21. The van der Waals surface area contributed by atoms with Gasteiger partial charge in [-0.25, -0.2) is 4.98 Å². The molecule has 0 aliphatic heterocycles. The Morgan fingerprint density at radius 1 is 1.27 bits per heavy atom. The number of hydrogen-bond acceptors (Lipinski definition) is 4. The van der Waals surface area contributed by atoms with Gasteiger partial charge in [-0.3, -0.25) is 4.79 Å². The van der Waals surface area contributed by atoms with Gasteiger partial charge >= 0.3 is 0 Å². The van der Waals surface area contributed by atoms with Gasteiger partial charge in [-0.15, -0.1) is 11.3 Å². The first kappa shape index (κ1) is 18.4. The predicted octanol–water partition coefficient (Wildman–Crippen LogP) is 5.17. The molecule has 0 saturated heterocycles. The zero-order valence-corrected chi connectivity index (χ0v) is 16.1. The Kier molecular flexibility index (Phi) is 5.91. The van der Waals surface area contributed by atoms with E-state index in [1.807, 2.05) is 49.6 Å². The molecule has 1 N–H and O–H groups in total. The van der Waals surface area contributed by atoms with Gasteiger partial charge in [0, 0.05) is 16.0 Å². The molecule has 1 aromatic heterocycles. The highest BCUT2D eigenvalue weighted by Gasteiger charge is 2.12. The lowest BCUT2D eigenvalue weighted by Crippen LogP contribution is -2.26. The summed E-state index contributed by atoms with van der Waals surface area (Å²) in [5.74, 6) is 0.478. The first-order chi connectivity index (χ1) is 12.5. The van der Waals surface area contributed by atoms with Crippen molar-refractivity contribution < 1.29 is 9.53 Å². The van der Waals surface area contributed by atoms with Crippen LogP contribution in [0.4, 0.5) is 0 Å². The summed E-state index contributed by atoms with van der Waals surface area (Å²) in [5, 5.41) is 6.61. The van der Waals surface area contributed by atoms with Crippen LogP contribution in [0.1, 0.15) is 39.6 Å². The van der Waals surface area contributed by atoms with E-state index in [0.717, 1.165) is 16.3 Å². The van der Waals surface area contributed by atoms with E-state index >= 15 is 0 Å². The minimum absolute atomic E-state index is 0.149. The molecule has 4 nitrogen and oxygen atoms in total. The molecule has 3 rings (SSSR count). The number of carbonyl (C=O) groups is 1. The van der Waals surface area contributed by atoms with E-state index in [-0.39, 0.29) is 11.9 Å². The van der Waals surface area contributed by atoms with Crippen LogP contribution in [0.5, 0.6) is 5.75 Å². The summed E-state index contributed by atoms with van der Waals surface area (Å²) in [7, 11) is 0. The summed E-state index contributed by atoms with van der Waals surface area (Å²) in [5.41, 5.74) is 2.39. The van der Waals surface area contributed by atoms with Gasteiger partial charge in [-0.1, -0.05) is 29.8 Å². The molecular weight excluding hydrogens is 368 g/mol. The van der Waals surface area contributed by atoms with Crippen molar-refractivity contribution >= 4 is 28.8 Å². The maximum atomic E-state index is 12.5. The molecule has 6 heteroatoms. The molecule has 2 aromatic carbocycles. The van der Waals surface area contributed by atoms with E-state index in [4.69, 9.17) is 16.3 Å². The third kappa shape index (κ3) is 4.84. The van der Waals surface area contributed by atoms with E-state index in [9.17, 15) is 4.79 Å². The number of nitrogens with zero attached hydrogens (tertiary/aromatic N) is 1. The summed E-state index contributed by atoms with van der Waals surface area (Å²) >= 11 is 7.61.